The summed E-state index contributed by atoms with van der Waals surface area (Å²) in [5.41, 5.74) is 8.08. The fourth-order valence-corrected chi connectivity index (χ4v) is 4.77. The number of H-pyrrole nitrogens is 1. The van der Waals surface area contributed by atoms with Crippen LogP contribution in [0.15, 0.2) is 53.5 Å². The number of nitrogens with zero attached hydrogens (tertiary/aromatic N) is 3. The van der Waals surface area contributed by atoms with Gasteiger partial charge in [-0.1, -0.05) is 32.9 Å². The molecule has 0 aliphatic carbocycles. The zero-order chi connectivity index (χ0) is 29.6. The van der Waals surface area contributed by atoms with Gasteiger partial charge < -0.3 is 15.2 Å². The number of rotatable bonds is 5. The van der Waals surface area contributed by atoms with Crippen molar-refractivity contribution >= 4 is 39.4 Å². The quantitative estimate of drug-likeness (QED) is 0.294. The number of esters is 2. The lowest BCUT2D eigenvalue weighted by Gasteiger charge is -2.20. The van der Waals surface area contributed by atoms with Crippen LogP contribution in [0.2, 0.25) is 0 Å². The van der Waals surface area contributed by atoms with Gasteiger partial charge in [0, 0.05) is 23.3 Å². The fraction of sp³-hybridized carbons (Fsp3) is 0.233. The number of fused-ring (bicyclic) bond motifs is 2. The molecule has 0 aliphatic rings. The maximum atomic E-state index is 15.4. The van der Waals surface area contributed by atoms with Gasteiger partial charge >= 0.3 is 11.9 Å². The van der Waals surface area contributed by atoms with Gasteiger partial charge in [0.25, 0.3) is 5.56 Å². The maximum Gasteiger partial charge on any atom is 0.340 e. The summed E-state index contributed by atoms with van der Waals surface area (Å²) in [6, 6.07) is 11.5. The number of halogens is 1. The van der Waals surface area contributed by atoms with E-state index in [1.807, 2.05) is 20.8 Å². The Hall–Kier alpha value is -5.06. The van der Waals surface area contributed by atoms with Crippen LogP contribution in [0.5, 0.6) is 0 Å². The van der Waals surface area contributed by atoms with Crippen molar-refractivity contribution in [3.05, 3.63) is 81.5 Å². The Kier molecular flexibility index (Phi) is 6.82. The molecule has 3 N–H and O–H groups in total. The number of ether oxygens (including phenoxy) is 2. The van der Waals surface area contributed by atoms with Crippen molar-refractivity contribution in [2.75, 3.05) is 12.8 Å². The summed E-state index contributed by atoms with van der Waals surface area (Å²) >= 11 is 0. The minimum atomic E-state index is -0.675. The molecule has 2 aromatic heterocycles. The summed E-state index contributed by atoms with van der Waals surface area (Å²) in [6.45, 7) is 6.89. The second-order valence-electron chi connectivity index (χ2n) is 10.7. The van der Waals surface area contributed by atoms with Gasteiger partial charge in [-0.2, -0.15) is 14.9 Å². The van der Waals surface area contributed by atoms with Crippen LogP contribution in [0, 0.1) is 5.82 Å². The number of carbonyl (C=O) groups excluding carboxylic acids is 2. The Balaban J connectivity index is 1.78. The highest BCUT2D eigenvalue weighted by molar-refractivity contribution is 6.07. The molecule has 0 fully saturated rings. The Morgan fingerprint density at radius 3 is 2.59 bits per heavy atom. The molecule has 2 heterocycles. The molecule has 0 spiro atoms. The maximum absolute atomic E-state index is 15.4. The topological polar surface area (TPSA) is 142 Å². The molecule has 5 rings (SSSR count). The van der Waals surface area contributed by atoms with Crippen LogP contribution < -0.4 is 11.3 Å². The molecule has 210 valence electrons. The van der Waals surface area contributed by atoms with E-state index in [0.29, 0.717) is 33.0 Å². The molecule has 10 nitrogen and oxygen atoms in total. The number of aromatic nitrogens is 4. The normalized spacial score (nSPS) is 11.7. The summed E-state index contributed by atoms with van der Waals surface area (Å²) < 4.78 is 26.8. The molecule has 0 bridgehead atoms. The smallest absolute Gasteiger partial charge is 0.340 e. The molecule has 0 amide bonds. The predicted molar refractivity (Wildman–Crippen MR) is 152 cm³/mol. The molecule has 41 heavy (non-hydrogen) atoms. The van der Waals surface area contributed by atoms with E-state index in [-0.39, 0.29) is 34.5 Å². The fourth-order valence-electron chi connectivity index (χ4n) is 4.77. The number of benzene rings is 3. The van der Waals surface area contributed by atoms with Gasteiger partial charge in [-0.15, -0.1) is 0 Å². The van der Waals surface area contributed by atoms with Crippen molar-refractivity contribution in [3.63, 3.8) is 0 Å². The van der Waals surface area contributed by atoms with Crippen molar-refractivity contribution in [2.45, 2.75) is 39.7 Å². The van der Waals surface area contributed by atoms with E-state index in [0.717, 1.165) is 10.2 Å². The summed E-state index contributed by atoms with van der Waals surface area (Å²) in [4.78, 5) is 38.1. The van der Waals surface area contributed by atoms with Crippen molar-refractivity contribution in [3.8, 4) is 16.8 Å². The first-order chi connectivity index (χ1) is 19.4. The SMILES string of the molecule is COC(=O)c1cc(-c2cccc(-n3ncc4cc(C(C)(C)C)cc(F)c4c3=O)c2COC(C)=O)cc2c(N)n[nH]c12. The second-order valence-corrected chi connectivity index (χ2v) is 10.7. The number of anilines is 1. The van der Waals surface area contributed by atoms with Crippen molar-refractivity contribution in [2.24, 2.45) is 0 Å². The zero-order valence-corrected chi connectivity index (χ0v) is 23.2. The van der Waals surface area contributed by atoms with Gasteiger partial charge in [0.15, 0.2) is 5.82 Å². The molecular formula is C30H28FN5O5. The molecule has 0 atom stereocenters. The third-order valence-electron chi connectivity index (χ3n) is 6.92. The number of aromatic amines is 1. The van der Waals surface area contributed by atoms with Crippen molar-refractivity contribution < 1.29 is 23.5 Å². The number of nitrogen functional groups attached to an aromatic ring is 1. The number of methoxy groups -OCH3 is 1. The average Bonchev–Trinajstić information content (AvgIpc) is 3.30. The van der Waals surface area contributed by atoms with E-state index in [1.54, 1.807) is 36.4 Å². The first kappa shape index (κ1) is 27.5. The van der Waals surface area contributed by atoms with Crippen LogP contribution in [0.1, 0.15) is 49.2 Å². The monoisotopic (exact) mass is 557 g/mol. The lowest BCUT2D eigenvalue weighted by atomic mass is 9.86. The van der Waals surface area contributed by atoms with Gasteiger partial charge in [-0.25, -0.2) is 9.18 Å². The van der Waals surface area contributed by atoms with Crippen LogP contribution in [-0.2, 0) is 26.3 Å². The van der Waals surface area contributed by atoms with Crippen LogP contribution in [0.3, 0.4) is 0 Å². The lowest BCUT2D eigenvalue weighted by molar-refractivity contribution is -0.142. The van der Waals surface area contributed by atoms with Crippen LogP contribution >= 0.6 is 0 Å². The highest BCUT2D eigenvalue weighted by Crippen LogP contribution is 2.34. The molecule has 0 aliphatic heterocycles. The molecular weight excluding hydrogens is 529 g/mol. The molecule has 5 aromatic rings. The highest BCUT2D eigenvalue weighted by Gasteiger charge is 2.23. The number of nitrogens with two attached hydrogens (primary N) is 1. The minimum Gasteiger partial charge on any atom is -0.465 e. The van der Waals surface area contributed by atoms with E-state index < -0.39 is 23.3 Å². The van der Waals surface area contributed by atoms with Gasteiger partial charge in [0.05, 0.1) is 35.5 Å². The third-order valence-corrected chi connectivity index (χ3v) is 6.92. The average molecular weight is 558 g/mol. The zero-order valence-electron chi connectivity index (χ0n) is 23.2. The summed E-state index contributed by atoms with van der Waals surface area (Å²) in [5, 5.41) is 11.9. The lowest BCUT2D eigenvalue weighted by Crippen LogP contribution is -2.24. The first-order valence-electron chi connectivity index (χ1n) is 12.7. The Morgan fingerprint density at radius 1 is 1.15 bits per heavy atom. The number of nitrogens with one attached hydrogen (secondary N) is 1. The first-order valence-corrected chi connectivity index (χ1v) is 12.7. The molecule has 11 heteroatoms. The van der Waals surface area contributed by atoms with Gasteiger partial charge in [-0.05, 0) is 52.4 Å². The second kappa shape index (κ2) is 10.2. The van der Waals surface area contributed by atoms with Crippen LogP contribution in [0.25, 0.3) is 38.5 Å². The molecule has 0 saturated carbocycles. The van der Waals surface area contributed by atoms with Gasteiger partial charge in [-0.3, -0.25) is 14.7 Å². The van der Waals surface area contributed by atoms with Gasteiger partial charge in [0.2, 0.25) is 0 Å². The van der Waals surface area contributed by atoms with E-state index >= 15 is 4.39 Å². The Morgan fingerprint density at radius 2 is 1.90 bits per heavy atom. The number of hydrogen-bond acceptors (Lipinski definition) is 8. The molecule has 0 saturated heterocycles. The van der Waals surface area contributed by atoms with E-state index in [9.17, 15) is 14.4 Å². The molecule has 0 radical (unpaired) electrons. The number of carbonyl (C=O) groups is 2. The molecule has 3 aromatic carbocycles. The highest BCUT2D eigenvalue weighted by atomic mass is 19.1. The largest absolute Gasteiger partial charge is 0.465 e. The minimum absolute atomic E-state index is 0.114. The van der Waals surface area contributed by atoms with Gasteiger partial charge in [0.1, 0.15) is 12.4 Å². The number of hydrogen-bond donors (Lipinski definition) is 2. The van der Waals surface area contributed by atoms with Crippen molar-refractivity contribution in [1.82, 2.24) is 20.0 Å². The van der Waals surface area contributed by atoms with E-state index in [1.165, 1.54) is 26.3 Å². The van der Waals surface area contributed by atoms with Crippen LogP contribution in [-0.4, -0.2) is 39.0 Å². The van der Waals surface area contributed by atoms with E-state index in [2.05, 4.69) is 15.3 Å². The molecule has 0 unspecified atom stereocenters. The standard InChI is InChI=1S/C30H28FN5O5/c1-15(37)41-14-22-19(16-10-20-26(34-35-27(20)32)21(11-16)29(39)40-5)7-6-8-24(22)36-28(38)25-17(13-33-36)9-18(12-23(25)31)30(2,3)4/h6-13H,14H2,1-5H3,(H3,32,34,35). The Labute approximate surface area is 233 Å². The third kappa shape index (κ3) is 4.90. The van der Waals surface area contributed by atoms with E-state index in [4.69, 9.17) is 15.2 Å². The summed E-state index contributed by atoms with van der Waals surface area (Å²) in [7, 11) is 1.26. The predicted octanol–water partition coefficient (Wildman–Crippen LogP) is 4.80. The summed E-state index contributed by atoms with van der Waals surface area (Å²) in [5.74, 6) is -1.65. The van der Waals surface area contributed by atoms with Crippen molar-refractivity contribution in [1.29, 1.82) is 0 Å². The van der Waals surface area contributed by atoms with Crippen LogP contribution in [0.4, 0.5) is 10.2 Å². The summed E-state index contributed by atoms with van der Waals surface area (Å²) in [6.07, 6.45) is 1.44. The Bertz CT molecular complexity index is 1920.